The molecule has 0 amide bonds. The Hall–Kier alpha value is 0.790. The van der Waals surface area contributed by atoms with E-state index in [2.05, 4.69) is 41.1 Å². The summed E-state index contributed by atoms with van der Waals surface area (Å²) in [6.45, 7) is 3.41. The zero-order valence-electron chi connectivity index (χ0n) is 7.64. The molecule has 0 N–H and O–H groups in total. The summed E-state index contributed by atoms with van der Waals surface area (Å²) in [4.78, 5) is 2.42. The van der Waals surface area contributed by atoms with Crippen LogP contribution in [0, 0.1) is 0 Å². The molecule has 1 unspecified atom stereocenters. The van der Waals surface area contributed by atoms with Crippen LogP contribution < -0.4 is 0 Å². The summed E-state index contributed by atoms with van der Waals surface area (Å²) < 4.78 is 0. The molecule has 11 heavy (non-hydrogen) atoms. The molecule has 1 nitrogen and oxygen atoms in total. The molecule has 0 saturated heterocycles. The van der Waals surface area contributed by atoms with Crippen LogP contribution in [0.3, 0.4) is 0 Å². The van der Waals surface area contributed by atoms with E-state index in [0.29, 0.717) is 0 Å². The van der Waals surface area contributed by atoms with Gasteiger partial charge in [-0.25, -0.2) is 0 Å². The van der Waals surface area contributed by atoms with Gasteiger partial charge in [-0.3, -0.25) is 0 Å². The number of hydrogen-bond donors (Lipinski definition) is 0. The second kappa shape index (κ2) is 7.44. The molecule has 0 saturated carbocycles. The summed E-state index contributed by atoms with van der Waals surface area (Å²) in [5, 5.41) is 1.08. The van der Waals surface area contributed by atoms with Crippen molar-refractivity contribution in [3.63, 3.8) is 0 Å². The van der Waals surface area contributed by atoms with Crippen molar-refractivity contribution in [3.8, 4) is 0 Å². The van der Waals surface area contributed by atoms with Crippen molar-refractivity contribution < 1.29 is 0 Å². The fraction of sp³-hybridized carbons (Fsp3) is 1.00. The van der Waals surface area contributed by atoms with Crippen molar-refractivity contribution in [2.45, 2.75) is 19.4 Å². The maximum Gasteiger partial charge on any atom is 0.0180 e. The van der Waals surface area contributed by atoms with E-state index in [4.69, 9.17) is 0 Å². The zero-order valence-corrected chi connectivity index (χ0v) is 10.0. The lowest BCUT2D eigenvalue weighted by Gasteiger charge is -2.25. The van der Waals surface area contributed by atoms with Crippen LogP contribution in [0.2, 0.25) is 0 Å². The number of hydrogen-bond acceptors (Lipinski definition) is 2. The third-order valence-electron chi connectivity index (χ3n) is 1.89. The van der Waals surface area contributed by atoms with Crippen molar-refractivity contribution in [1.29, 1.82) is 0 Å². The first-order chi connectivity index (χ1) is 5.26. The Kier molecular flexibility index (Phi) is 7.97. The van der Waals surface area contributed by atoms with Crippen LogP contribution in [0.25, 0.3) is 0 Å². The Morgan fingerprint density at radius 1 is 1.55 bits per heavy atom. The van der Waals surface area contributed by atoms with Gasteiger partial charge in [-0.2, -0.15) is 11.8 Å². The van der Waals surface area contributed by atoms with Crippen molar-refractivity contribution >= 4 is 27.7 Å². The first-order valence-corrected chi connectivity index (χ1v) is 6.52. The lowest BCUT2D eigenvalue weighted by molar-refractivity contribution is 0.272. The molecule has 0 radical (unpaired) electrons. The monoisotopic (exact) mass is 239 g/mol. The quantitative estimate of drug-likeness (QED) is 0.656. The van der Waals surface area contributed by atoms with Crippen LogP contribution in [-0.2, 0) is 0 Å². The van der Waals surface area contributed by atoms with Gasteiger partial charge in [-0.05, 0) is 19.7 Å². The number of alkyl halides is 1. The largest absolute Gasteiger partial charge is 0.302 e. The van der Waals surface area contributed by atoms with Crippen LogP contribution in [0.1, 0.15) is 13.3 Å². The number of rotatable bonds is 6. The molecule has 0 aromatic carbocycles. The van der Waals surface area contributed by atoms with Gasteiger partial charge in [0.1, 0.15) is 0 Å². The predicted octanol–water partition coefficient (Wildman–Crippen LogP) is 2.45. The molecule has 0 aliphatic carbocycles. The van der Waals surface area contributed by atoms with Crippen molar-refractivity contribution in [1.82, 2.24) is 4.90 Å². The summed E-state index contributed by atoms with van der Waals surface area (Å²) in [6, 6.07) is 0.752. The van der Waals surface area contributed by atoms with Crippen molar-refractivity contribution in [3.05, 3.63) is 0 Å². The molecule has 1 atom stereocenters. The average Bonchev–Trinajstić information content (AvgIpc) is 2.00. The highest BCUT2D eigenvalue weighted by atomic mass is 79.9. The fourth-order valence-electron chi connectivity index (χ4n) is 1.07. The molecule has 3 heteroatoms. The van der Waals surface area contributed by atoms with E-state index in [0.717, 1.165) is 17.9 Å². The van der Waals surface area contributed by atoms with E-state index >= 15 is 0 Å². The smallest absolute Gasteiger partial charge is 0.0180 e. The zero-order chi connectivity index (χ0) is 8.69. The van der Waals surface area contributed by atoms with E-state index in [1.54, 1.807) is 0 Å². The van der Waals surface area contributed by atoms with E-state index in [-0.39, 0.29) is 0 Å². The highest BCUT2D eigenvalue weighted by Crippen LogP contribution is 2.07. The average molecular weight is 240 g/mol. The molecule has 0 fully saturated rings. The van der Waals surface area contributed by atoms with Crippen LogP contribution in [-0.4, -0.2) is 41.9 Å². The first kappa shape index (κ1) is 11.8. The van der Waals surface area contributed by atoms with Crippen LogP contribution in [0.15, 0.2) is 0 Å². The molecule has 0 bridgehead atoms. The number of halogens is 1. The van der Waals surface area contributed by atoms with Gasteiger partial charge in [0.25, 0.3) is 0 Å². The van der Waals surface area contributed by atoms with Gasteiger partial charge < -0.3 is 4.90 Å². The third kappa shape index (κ3) is 5.10. The molecule has 0 spiro atoms. The Labute approximate surface area is 83.0 Å². The molecule has 0 aromatic rings. The second-order valence-electron chi connectivity index (χ2n) is 2.69. The summed E-state index contributed by atoms with van der Waals surface area (Å²) in [5.74, 6) is 1.25. The lowest BCUT2D eigenvalue weighted by Crippen LogP contribution is -2.34. The van der Waals surface area contributed by atoms with Gasteiger partial charge >= 0.3 is 0 Å². The molecule has 0 rings (SSSR count). The van der Waals surface area contributed by atoms with E-state index in [9.17, 15) is 0 Å². The minimum absolute atomic E-state index is 0.752. The van der Waals surface area contributed by atoms with Crippen LogP contribution in [0.5, 0.6) is 0 Å². The van der Waals surface area contributed by atoms with Crippen LogP contribution >= 0.6 is 27.7 Å². The van der Waals surface area contributed by atoms with Crippen molar-refractivity contribution in [2.75, 3.05) is 30.9 Å². The van der Waals surface area contributed by atoms with Gasteiger partial charge in [-0.15, -0.1) is 0 Å². The topological polar surface area (TPSA) is 3.24 Å². The summed E-state index contributed by atoms with van der Waals surface area (Å²) in [7, 11) is 2.20. The van der Waals surface area contributed by atoms with E-state index < -0.39 is 0 Å². The highest BCUT2D eigenvalue weighted by Gasteiger charge is 2.09. The first-order valence-electron chi connectivity index (χ1n) is 4.01. The maximum atomic E-state index is 3.45. The molecule has 0 aromatic heterocycles. The normalized spacial score (nSPS) is 13.9. The Morgan fingerprint density at radius 3 is 2.55 bits per heavy atom. The molecule has 68 valence electrons. The summed E-state index contributed by atoms with van der Waals surface area (Å²) in [5.41, 5.74) is 0. The van der Waals surface area contributed by atoms with E-state index in [1.807, 2.05) is 11.8 Å². The summed E-state index contributed by atoms with van der Waals surface area (Å²) in [6.07, 6.45) is 3.43. The van der Waals surface area contributed by atoms with Gasteiger partial charge in [0.05, 0.1) is 0 Å². The Balaban J connectivity index is 3.61. The molecule has 0 aliphatic rings. The van der Waals surface area contributed by atoms with Gasteiger partial charge in [0.2, 0.25) is 0 Å². The van der Waals surface area contributed by atoms with Gasteiger partial charge in [0, 0.05) is 23.7 Å². The Bertz CT molecular complexity index is 90.2. The minimum Gasteiger partial charge on any atom is -0.302 e. The van der Waals surface area contributed by atoms with Crippen LogP contribution in [0.4, 0.5) is 0 Å². The van der Waals surface area contributed by atoms with E-state index in [1.165, 1.54) is 12.2 Å². The standard InChI is InChI=1S/C8H18BrNS/c1-4-8(7-11-3)10(2)6-5-9/h8H,4-7H2,1-3H3. The predicted molar refractivity (Wildman–Crippen MR) is 58.9 cm³/mol. The molecule has 0 aliphatic heterocycles. The molecular formula is C8H18BrNS. The Morgan fingerprint density at radius 2 is 2.18 bits per heavy atom. The molecular weight excluding hydrogens is 222 g/mol. The minimum atomic E-state index is 0.752. The van der Waals surface area contributed by atoms with Crippen molar-refractivity contribution in [2.24, 2.45) is 0 Å². The molecule has 0 heterocycles. The number of thioether (sulfide) groups is 1. The number of nitrogens with zero attached hydrogens (tertiary/aromatic N) is 1. The van der Waals surface area contributed by atoms with Gasteiger partial charge in [0.15, 0.2) is 0 Å². The third-order valence-corrected chi connectivity index (χ3v) is 2.96. The fourth-order valence-corrected chi connectivity index (χ4v) is 2.50. The SMILES string of the molecule is CCC(CSC)N(C)CCBr. The lowest BCUT2D eigenvalue weighted by atomic mass is 10.2. The van der Waals surface area contributed by atoms with Gasteiger partial charge in [-0.1, -0.05) is 22.9 Å². The maximum absolute atomic E-state index is 3.45. The second-order valence-corrected chi connectivity index (χ2v) is 4.39. The summed E-state index contributed by atoms with van der Waals surface area (Å²) >= 11 is 5.38. The highest BCUT2D eigenvalue weighted by molar-refractivity contribution is 9.09.